The van der Waals surface area contributed by atoms with Gasteiger partial charge in [-0.2, -0.15) is 5.26 Å². The molecule has 0 spiro atoms. The second-order valence-corrected chi connectivity index (χ2v) is 9.36. The topological polar surface area (TPSA) is 78.2 Å². The smallest absolute Gasteiger partial charge is 0.216 e. The summed E-state index contributed by atoms with van der Waals surface area (Å²) in [6.07, 6.45) is 1.32. The van der Waals surface area contributed by atoms with Gasteiger partial charge in [-0.15, -0.1) is 0 Å². The molecule has 2 aromatic carbocycles. The minimum absolute atomic E-state index is 0.0664. The minimum Gasteiger partial charge on any atom is -0.506 e. The molecule has 4 nitrogen and oxygen atoms in total. The zero-order chi connectivity index (χ0) is 18.8. The molecule has 1 N–H and O–H groups in total. The van der Waals surface area contributed by atoms with Gasteiger partial charge >= 0.3 is 0 Å². The van der Waals surface area contributed by atoms with Crippen molar-refractivity contribution in [3.63, 3.8) is 0 Å². The SMILES string of the molecule is CC(C)(C)c1cc(/C=C(\C#N)S(=O)(=O)c2ccccc2)cc(Br)c1O. The Kier molecular flexibility index (Phi) is 5.40. The van der Waals surface area contributed by atoms with Gasteiger partial charge < -0.3 is 5.11 Å². The van der Waals surface area contributed by atoms with Gasteiger partial charge in [0, 0.05) is 5.56 Å². The van der Waals surface area contributed by atoms with Crippen LogP contribution in [0.4, 0.5) is 0 Å². The highest BCUT2D eigenvalue weighted by molar-refractivity contribution is 9.10. The van der Waals surface area contributed by atoms with E-state index in [4.69, 9.17) is 0 Å². The van der Waals surface area contributed by atoms with Crippen LogP contribution in [0.1, 0.15) is 31.9 Å². The first kappa shape index (κ1) is 19.2. The summed E-state index contributed by atoms with van der Waals surface area (Å²) in [4.78, 5) is -0.284. The first-order chi connectivity index (χ1) is 11.6. The fraction of sp³-hybridized carbons (Fsp3) is 0.211. The predicted octanol–water partition coefficient (Wildman–Crippen LogP) is 4.79. The largest absolute Gasteiger partial charge is 0.506 e. The number of aromatic hydroxyl groups is 1. The average Bonchev–Trinajstić information content (AvgIpc) is 2.55. The van der Waals surface area contributed by atoms with Crippen molar-refractivity contribution in [2.75, 3.05) is 0 Å². The van der Waals surface area contributed by atoms with E-state index in [0.717, 1.165) is 0 Å². The van der Waals surface area contributed by atoms with Crippen LogP contribution in [0, 0.1) is 11.3 Å². The third kappa shape index (κ3) is 4.12. The van der Waals surface area contributed by atoms with E-state index in [9.17, 15) is 18.8 Å². The molecule has 0 atom stereocenters. The molecular weight excluding hydrogens is 402 g/mol. The summed E-state index contributed by atoms with van der Waals surface area (Å²) in [6.45, 7) is 5.82. The molecule has 0 radical (unpaired) electrons. The number of hydrogen-bond donors (Lipinski definition) is 1. The number of nitrogens with zero attached hydrogens (tertiary/aromatic N) is 1. The lowest BCUT2D eigenvalue weighted by Gasteiger charge is -2.21. The van der Waals surface area contributed by atoms with Gasteiger partial charge in [0.05, 0.1) is 9.37 Å². The highest BCUT2D eigenvalue weighted by Crippen LogP contribution is 2.38. The summed E-state index contributed by atoms with van der Waals surface area (Å²) >= 11 is 3.28. The number of halogens is 1. The van der Waals surface area contributed by atoms with Crippen LogP contribution >= 0.6 is 15.9 Å². The molecule has 0 aliphatic carbocycles. The Labute approximate surface area is 156 Å². The van der Waals surface area contributed by atoms with E-state index in [1.807, 2.05) is 20.8 Å². The monoisotopic (exact) mass is 419 g/mol. The molecule has 6 heteroatoms. The van der Waals surface area contributed by atoms with Crippen molar-refractivity contribution in [1.82, 2.24) is 0 Å². The lowest BCUT2D eigenvalue weighted by atomic mass is 9.85. The van der Waals surface area contributed by atoms with Crippen LogP contribution in [-0.4, -0.2) is 13.5 Å². The highest BCUT2D eigenvalue weighted by atomic mass is 79.9. The molecule has 0 fully saturated rings. The Morgan fingerprint density at radius 1 is 1.20 bits per heavy atom. The number of benzene rings is 2. The Balaban J connectivity index is 2.63. The van der Waals surface area contributed by atoms with Gasteiger partial charge in [0.1, 0.15) is 16.7 Å². The third-order valence-corrected chi connectivity index (χ3v) is 5.93. The number of nitriles is 1. The summed E-state index contributed by atoms with van der Waals surface area (Å²) in [6, 6.07) is 12.9. The van der Waals surface area contributed by atoms with Crippen molar-refractivity contribution < 1.29 is 13.5 Å². The molecule has 0 heterocycles. The molecule has 0 saturated carbocycles. The standard InChI is InChI=1S/C19H18BrNO3S/c1-19(2,3)16-10-13(11-17(20)18(16)22)9-15(12-21)25(23,24)14-7-5-4-6-8-14/h4-11,22H,1-3H3/b15-9+. The maximum absolute atomic E-state index is 12.6. The summed E-state index contributed by atoms with van der Waals surface area (Å²) < 4.78 is 25.7. The summed E-state index contributed by atoms with van der Waals surface area (Å²) in [5, 5.41) is 19.6. The van der Waals surface area contributed by atoms with E-state index < -0.39 is 9.84 Å². The molecule has 2 aromatic rings. The minimum atomic E-state index is -3.90. The van der Waals surface area contributed by atoms with E-state index in [-0.39, 0.29) is 21.0 Å². The van der Waals surface area contributed by atoms with Crippen molar-refractivity contribution in [3.8, 4) is 11.8 Å². The van der Waals surface area contributed by atoms with Crippen molar-refractivity contribution in [3.05, 3.63) is 63.0 Å². The number of rotatable bonds is 3. The first-order valence-electron chi connectivity index (χ1n) is 7.52. The van der Waals surface area contributed by atoms with Crippen LogP contribution < -0.4 is 0 Å². The number of phenols is 1. The number of phenolic OH excluding ortho intramolecular Hbond substituents is 1. The van der Waals surface area contributed by atoms with Crippen LogP contribution in [-0.2, 0) is 15.3 Å². The molecule has 0 saturated heterocycles. The van der Waals surface area contributed by atoms with E-state index in [2.05, 4.69) is 15.9 Å². The van der Waals surface area contributed by atoms with Crippen LogP contribution in [0.3, 0.4) is 0 Å². The zero-order valence-corrected chi connectivity index (χ0v) is 16.5. The summed E-state index contributed by atoms with van der Waals surface area (Å²) in [7, 11) is -3.90. The molecule has 0 aromatic heterocycles. The van der Waals surface area contributed by atoms with E-state index >= 15 is 0 Å². The van der Waals surface area contributed by atoms with Gasteiger partial charge in [-0.3, -0.25) is 0 Å². The molecule has 0 unspecified atom stereocenters. The lowest BCUT2D eigenvalue weighted by molar-refractivity contribution is 0.443. The second-order valence-electron chi connectivity index (χ2n) is 6.59. The average molecular weight is 420 g/mol. The number of allylic oxidation sites excluding steroid dienone is 1. The maximum atomic E-state index is 12.6. The predicted molar refractivity (Wildman–Crippen MR) is 102 cm³/mol. The van der Waals surface area contributed by atoms with Crippen LogP contribution in [0.2, 0.25) is 0 Å². The normalized spacial score (nSPS) is 12.7. The molecule has 0 amide bonds. The van der Waals surface area contributed by atoms with E-state index in [1.54, 1.807) is 36.4 Å². The van der Waals surface area contributed by atoms with Gasteiger partial charge in [0.25, 0.3) is 0 Å². The van der Waals surface area contributed by atoms with Gasteiger partial charge in [0.15, 0.2) is 0 Å². The Morgan fingerprint density at radius 3 is 2.32 bits per heavy atom. The lowest BCUT2D eigenvalue weighted by Crippen LogP contribution is -2.12. The summed E-state index contributed by atoms with van der Waals surface area (Å²) in [5.41, 5.74) is 0.829. The third-order valence-electron chi connectivity index (χ3n) is 3.64. The molecular formula is C19H18BrNO3S. The van der Waals surface area contributed by atoms with Gasteiger partial charge in [-0.05, 0) is 57.2 Å². The molecule has 2 rings (SSSR count). The molecule has 130 valence electrons. The Morgan fingerprint density at radius 2 is 1.80 bits per heavy atom. The van der Waals surface area contributed by atoms with Crippen molar-refractivity contribution in [2.45, 2.75) is 31.1 Å². The molecule has 0 bridgehead atoms. The van der Waals surface area contributed by atoms with Crippen molar-refractivity contribution in [2.24, 2.45) is 0 Å². The maximum Gasteiger partial charge on any atom is 0.216 e. The highest BCUT2D eigenvalue weighted by Gasteiger charge is 2.23. The van der Waals surface area contributed by atoms with Crippen LogP contribution in [0.25, 0.3) is 6.08 Å². The number of hydrogen-bond acceptors (Lipinski definition) is 4. The van der Waals surface area contributed by atoms with E-state index in [0.29, 0.717) is 15.6 Å². The fourth-order valence-corrected chi connectivity index (χ4v) is 3.98. The quantitative estimate of drug-likeness (QED) is 0.725. The molecule has 25 heavy (non-hydrogen) atoms. The zero-order valence-electron chi connectivity index (χ0n) is 14.1. The van der Waals surface area contributed by atoms with Gasteiger partial charge in [0.2, 0.25) is 9.84 Å². The fourth-order valence-electron chi connectivity index (χ4n) is 2.32. The van der Waals surface area contributed by atoms with Gasteiger partial charge in [-0.1, -0.05) is 39.0 Å². The molecule has 0 aliphatic rings. The first-order valence-corrected chi connectivity index (χ1v) is 9.80. The second kappa shape index (κ2) is 7.03. The van der Waals surface area contributed by atoms with Crippen molar-refractivity contribution in [1.29, 1.82) is 5.26 Å². The Bertz CT molecular complexity index is 966. The van der Waals surface area contributed by atoms with Gasteiger partial charge in [-0.25, -0.2) is 8.42 Å². The number of sulfone groups is 1. The Hall–Kier alpha value is -2.10. The molecule has 0 aliphatic heterocycles. The van der Waals surface area contributed by atoms with Crippen LogP contribution in [0.15, 0.2) is 56.7 Å². The summed E-state index contributed by atoms with van der Waals surface area (Å²) in [5.74, 6) is 0.106. The van der Waals surface area contributed by atoms with E-state index in [1.165, 1.54) is 18.2 Å². The van der Waals surface area contributed by atoms with Crippen molar-refractivity contribution >= 4 is 31.8 Å². The van der Waals surface area contributed by atoms with Crippen LogP contribution in [0.5, 0.6) is 5.75 Å².